The number of hydrogen-bond donors (Lipinski definition) is 1. The zero-order valence-corrected chi connectivity index (χ0v) is 8.48. The largest absolute Gasteiger partial charge is 0.382 e. The summed E-state index contributed by atoms with van der Waals surface area (Å²) in [6.45, 7) is 0. The standard InChI is InChI=1S/C6H6IN5/c1-12-2-9-3-4(8)10-6(7)11-5(3)12/h2H,1H3,(H2,8,10,11). The van der Waals surface area contributed by atoms with Gasteiger partial charge in [-0.15, -0.1) is 0 Å². The number of imidazole rings is 1. The Balaban J connectivity index is 2.92. The van der Waals surface area contributed by atoms with Crippen LogP contribution in [-0.2, 0) is 7.05 Å². The van der Waals surface area contributed by atoms with Crippen LogP contribution in [0.25, 0.3) is 11.2 Å². The van der Waals surface area contributed by atoms with Crippen molar-refractivity contribution >= 4 is 39.6 Å². The molecule has 0 aliphatic heterocycles. The predicted octanol–water partition coefficient (Wildman–Crippen LogP) is 0.550. The van der Waals surface area contributed by atoms with Gasteiger partial charge in [0, 0.05) is 29.6 Å². The van der Waals surface area contributed by atoms with Crippen LogP contribution in [0.4, 0.5) is 5.82 Å². The van der Waals surface area contributed by atoms with E-state index in [2.05, 4.69) is 15.0 Å². The summed E-state index contributed by atoms with van der Waals surface area (Å²) in [5, 5.41) is 0. The molecule has 0 aromatic carbocycles. The van der Waals surface area contributed by atoms with Crippen LogP contribution in [0, 0.1) is 3.83 Å². The third-order valence-electron chi connectivity index (χ3n) is 1.56. The van der Waals surface area contributed by atoms with Crippen LogP contribution in [-0.4, -0.2) is 19.5 Å². The lowest BCUT2D eigenvalue weighted by Crippen LogP contribution is -1.98. The number of aryl methyl sites for hydroxylation is 1. The molecule has 0 unspecified atom stereocenters. The average molecular weight is 275 g/mol. The highest BCUT2D eigenvalue weighted by Crippen LogP contribution is 2.15. The number of nitrogens with two attached hydrogens (primary N) is 1. The predicted molar refractivity (Wildman–Crippen MR) is 53.4 cm³/mol. The average Bonchev–Trinajstić information content (AvgIpc) is 2.33. The first kappa shape index (κ1) is 7.71. The summed E-state index contributed by atoms with van der Waals surface area (Å²) < 4.78 is 2.46. The molecule has 0 atom stereocenters. The van der Waals surface area contributed by atoms with E-state index in [4.69, 9.17) is 5.73 Å². The van der Waals surface area contributed by atoms with Gasteiger partial charge in [-0.2, -0.15) is 0 Å². The number of aromatic nitrogens is 4. The molecule has 0 radical (unpaired) electrons. The number of fused-ring (bicyclic) bond motifs is 1. The minimum atomic E-state index is 0.435. The molecule has 0 spiro atoms. The minimum absolute atomic E-state index is 0.435. The molecule has 0 saturated heterocycles. The fourth-order valence-electron chi connectivity index (χ4n) is 1.00. The summed E-state index contributed by atoms with van der Waals surface area (Å²) in [6, 6.07) is 0. The van der Waals surface area contributed by atoms with Crippen LogP contribution in [0.1, 0.15) is 0 Å². The fraction of sp³-hybridized carbons (Fsp3) is 0.167. The van der Waals surface area contributed by atoms with E-state index in [1.807, 2.05) is 34.2 Å². The first-order valence-corrected chi connectivity index (χ1v) is 4.36. The summed E-state index contributed by atoms with van der Waals surface area (Å²) in [5.74, 6) is 0.435. The molecule has 0 aliphatic carbocycles. The number of anilines is 1. The van der Waals surface area contributed by atoms with Gasteiger partial charge in [0.25, 0.3) is 0 Å². The lowest BCUT2D eigenvalue weighted by molar-refractivity contribution is 0.924. The van der Waals surface area contributed by atoms with Gasteiger partial charge in [-0.1, -0.05) is 0 Å². The molecule has 12 heavy (non-hydrogen) atoms. The molecular formula is C6H6IN5. The Morgan fingerprint density at radius 2 is 2.25 bits per heavy atom. The Labute approximate surface area is 82.2 Å². The highest BCUT2D eigenvalue weighted by atomic mass is 127. The second kappa shape index (κ2) is 2.54. The van der Waals surface area contributed by atoms with Crippen LogP contribution in [0.2, 0.25) is 0 Å². The Bertz CT molecular complexity index is 435. The van der Waals surface area contributed by atoms with Gasteiger partial charge >= 0.3 is 0 Å². The van der Waals surface area contributed by atoms with Crippen molar-refractivity contribution in [2.75, 3.05) is 5.73 Å². The van der Waals surface area contributed by atoms with Gasteiger partial charge in [-0.25, -0.2) is 15.0 Å². The second-order valence-corrected chi connectivity index (χ2v) is 3.37. The SMILES string of the molecule is Cn1cnc2c(N)nc(I)nc21. The van der Waals surface area contributed by atoms with Crippen molar-refractivity contribution in [3.63, 3.8) is 0 Å². The smallest absolute Gasteiger partial charge is 0.194 e. The molecule has 2 N–H and O–H groups in total. The van der Waals surface area contributed by atoms with E-state index >= 15 is 0 Å². The van der Waals surface area contributed by atoms with E-state index in [1.165, 1.54) is 0 Å². The lowest BCUT2D eigenvalue weighted by Gasteiger charge is -1.96. The van der Waals surface area contributed by atoms with E-state index in [9.17, 15) is 0 Å². The summed E-state index contributed by atoms with van der Waals surface area (Å²) in [6.07, 6.45) is 1.67. The van der Waals surface area contributed by atoms with Crippen LogP contribution < -0.4 is 5.73 Å². The molecule has 2 heterocycles. The van der Waals surface area contributed by atoms with Gasteiger partial charge in [0.1, 0.15) is 5.52 Å². The maximum atomic E-state index is 5.64. The van der Waals surface area contributed by atoms with Crippen molar-refractivity contribution in [2.24, 2.45) is 7.05 Å². The topological polar surface area (TPSA) is 69.6 Å². The first-order chi connectivity index (χ1) is 5.68. The summed E-state index contributed by atoms with van der Waals surface area (Å²) in [7, 11) is 1.87. The van der Waals surface area contributed by atoms with Crippen molar-refractivity contribution in [3.05, 3.63) is 10.2 Å². The molecule has 62 valence electrons. The van der Waals surface area contributed by atoms with Crippen LogP contribution in [0.15, 0.2) is 6.33 Å². The Hall–Kier alpha value is -0.920. The molecule has 0 saturated carbocycles. The number of halogens is 1. The summed E-state index contributed by atoms with van der Waals surface area (Å²) in [4.78, 5) is 12.3. The van der Waals surface area contributed by atoms with Gasteiger partial charge in [0.15, 0.2) is 15.3 Å². The second-order valence-electron chi connectivity index (χ2n) is 2.41. The molecule has 2 rings (SSSR count). The zero-order chi connectivity index (χ0) is 8.72. The molecule has 2 aromatic heterocycles. The highest BCUT2D eigenvalue weighted by molar-refractivity contribution is 14.1. The van der Waals surface area contributed by atoms with Crippen molar-refractivity contribution in [1.29, 1.82) is 0 Å². The van der Waals surface area contributed by atoms with Crippen LogP contribution >= 0.6 is 22.6 Å². The van der Waals surface area contributed by atoms with Gasteiger partial charge < -0.3 is 10.3 Å². The molecule has 0 amide bonds. The van der Waals surface area contributed by atoms with E-state index in [0.717, 1.165) is 5.65 Å². The van der Waals surface area contributed by atoms with Gasteiger partial charge in [-0.05, 0) is 0 Å². The molecule has 2 aromatic rings. The van der Waals surface area contributed by atoms with E-state index in [-0.39, 0.29) is 0 Å². The zero-order valence-electron chi connectivity index (χ0n) is 6.32. The van der Waals surface area contributed by atoms with E-state index in [1.54, 1.807) is 6.33 Å². The van der Waals surface area contributed by atoms with Crippen LogP contribution in [0.5, 0.6) is 0 Å². The molecule has 6 heteroatoms. The van der Waals surface area contributed by atoms with Crippen molar-refractivity contribution in [3.8, 4) is 0 Å². The van der Waals surface area contributed by atoms with E-state index < -0.39 is 0 Å². The van der Waals surface area contributed by atoms with Crippen molar-refractivity contribution in [2.45, 2.75) is 0 Å². The van der Waals surface area contributed by atoms with Gasteiger partial charge in [0.2, 0.25) is 0 Å². The summed E-state index contributed by atoms with van der Waals surface area (Å²) in [5.41, 5.74) is 7.07. The van der Waals surface area contributed by atoms with Crippen molar-refractivity contribution < 1.29 is 0 Å². The Morgan fingerprint density at radius 1 is 1.50 bits per heavy atom. The third-order valence-corrected chi connectivity index (χ3v) is 2.04. The molecule has 5 nitrogen and oxygen atoms in total. The maximum absolute atomic E-state index is 5.64. The quantitative estimate of drug-likeness (QED) is 0.563. The highest BCUT2D eigenvalue weighted by Gasteiger charge is 2.06. The van der Waals surface area contributed by atoms with Crippen molar-refractivity contribution in [1.82, 2.24) is 19.5 Å². The number of hydrogen-bond acceptors (Lipinski definition) is 4. The third kappa shape index (κ3) is 1.02. The lowest BCUT2D eigenvalue weighted by atomic mass is 10.5. The number of rotatable bonds is 0. The van der Waals surface area contributed by atoms with Gasteiger partial charge in [0.05, 0.1) is 6.33 Å². The monoisotopic (exact) mass is 275 g/mol. The molecule has 0 fully saturated rings. The molecular weight excluding hydrogens is 269 g/mol. The van der Waals surface area contributed by atoms with Crippen LogP contribution in [0.3, 0.4) is 0 Å². The number of nitrogen functional groups attached to an aromatic ring is 1. The Morgan fingerprint density at radius 3 is 3.00 bits per heavy atom. The minimum Gasteiger partial charge on any atom is -0.382 e. The Kier molecular flexibility index (Phi) is 1.63. The summed E-state index contributed by atoms with van der Waals surface area (Å²) >= 11 is 2.02. The first-order valence-electron chi connectivity index (χ1n) is 3.28. The maximum Gasteiger partial charge on any atom is 0.194 e. The molecule has 0 bridgehead atoms. The fourth-order valence-corrected chi connectivity index (χ4v) is 1.49. The van der Waals surface area contributed by atoms with Gasteiger partial charge in [-0.3, -0.25) is 0 Å². The normalized spacial score (nSPS) is 10.8. The number of nitrogens with zero attached hydrogens (tertiary/aromatic N) is 4. The van der Waals surface area contributed by atoms with E-state index in [0.29, 0.717) is 15.2 Å². The molecule has 0 aliphatic rings.